The second-order valence-electron chi connectivity index (χ2n) is 3.79. The molecular formula is C13H8ClFN2O3. The summed E-state index contributed by atoms with van der Waals surface area (Å²) in [6, 6.07) is 6.28. The van der Waals surface area contributed by atoms with Gasteiger partial charge in [-0.3, -0.25) is 4.79 Å². The van der Waals surface area contributed by atoms with E-state index in [2.05, 4.69) is 10.3 Å². The Morgan fingerprint density at radius 1 is 1.30 bits per heavy atom. The van der Waals surface area contributed by atoms with Crippen LogP contribution < -0.4 is 5.32 Å². The Hall–Kier alpha value is -2.47. The molecule has 0 aliphatic carbocycles. The highest BCUT2D eigenvalue weighted by molar-refractivity contribution is 6.34. The summed E-state index contributed by atoms with van der Waals surface area (Å²) in [4.78, 5) is 26.5. The number of rotatable bonds is 3. The molecule has 20 heavy (non-hydrogen) atoms. The molecule has 0 radical (unpaired) electrons. The Balaban J connectivity index is 2.28. The monoisotopic (exact) mass is 294 g/mol. The fraction of sp³-hybridized carbons (Fsp3) is 0. The van der Waals surface area contributed by atoms with Crippen molar-refractivity contribution in [1.82, 2.24) is 4.98 Å². The van der Waals surface area contributed by atoms with Crippen molar-refractivity contribution >= 4 is 29.3 Å². The van der Waals surface area contributed by atoms with E-state index >= 15 is 0 Å². The highest BCUT2D eigenvalue weighted by Crippen LogP contribution is 2.20. The minimum atomic E-state index is -1.16. The van der Waals surface area contributed by atoms with Gasteiger partial charge in [-0.15, -0.1) is 0 Å². The molecule has 2 N–H and O–H groups in total. The number of aromatic nitrogens is 1. The molecule has 2 aromatic rings. The molecule has 102 valence electrons. The molecule has 2 rings (SSSR count). The van der Waals surface area contributed by atoms with Gasteiger partial charge in [0.05, 0.1) is 16.1 Å². The van der Waals surface area contributed by atoms with Gasteiger partial charge in [0.15, 0.2) is 0 Å². The van der Waals surface area contributed by atoms with Crippen molar-refractivity contribution in [2.45, 2.75) is 0 Å². The third-order valence-corrected chi connectivity index (χ3v) is 2.75. The maximum atomic E-state index is 13.6. The van der Waals surface area contributed by atoms with Crippen LogP contribution in [0.2, 0.25) is 5.02 Å². The number of carboxylic acid groups (broad SMARTS) is 1. The Labute approximate surface area is 118 Å². The van der Waals surface area contributed by atoms with Crippen LogP contribution in [0.25, 0.3) is 0 Å². The van der Waals surface area contributed by atoms with E-state index in [1.165, 1.54) is 24.4 Å². The number of amides is 1. The van der Waals surface area contributed by atoms with Gasteiger partial charge in [-0.25, -0.2) is 14.2 Å². The summed E-state index contributed by atoms with van der Waals surface area (Å²) in [6.45, 7) is 0. The van der Waals surface area contributed by atoms with Crippen molar-refractivity contribution in [2.75, 3.05) is 5.32 Å². The molecule has 0 atom stereocenters. The zero-order chi connectivity index (χ0) is 14.7. The zero-order valence-electron chi connectivity index (χ0n) is 9.93. The van der Waals surface area contributed by atoms with Gasteiger partial charge in [-0.1, -0.05) is 17.7 Å². The molecule has 5 nitrogen and oxygen atoms in total. The third-order valence-electron chi connectivity index (χ3n) is 2.44. The zero-order valence-corrected chi connectivity index (χ0v) is 10.7. The van der Waals surface area contributed by atoms with E-state index in [0.717, 1.165) is 12.1 Å². The second kappa shape index (κ2) is 5.66. The van der Waals surface area contributed by atoms with Gasteiger partial charge < -0.3 is 10.4 Å². The van der Waals surface area contributed by atoms with Crippen LogP contribution >= 0.6 is 11.6 Å². The van der Waals surface area contributed by atoms with E-state index in [1.807, 2.05) is 0 Å². The molecule has 0 aliphatic rings. The third kappa shape index (κ3) is 2.92. The second-order valence-corrected chi connectivity index (χ2v) is 4.19. The minimum absolute atomic E-state index is 0.00535. The van der Waals surface area contributed by atoms with Gasteiger partial charge in [0.2, 0.25) is 0 Å². The first kappa shape index (κ1) is 14.0. The smallest absolute Gasteiger partial charge is 0.335 e. The number of benzene rings is 1. The number of carbonyl (C=O) groups excluding carboxylic acids is 1. The van der Waals surface area contributed by atoms with Crippen LogP contribution in [-0.2, 0) is 0 Å². The van der Waals surface area contributed by atoms with E-state index in [4.69, 9.17) is 16.7 Å². The number of hydrogen-bond donors (Lipinski definition) is 2. The molecule has 0 saturated carbocycles. The molecule has 0 fully saturated rings. The van der Waals surface area contributed by atoms with E-state index in [-0.39, 0.29) is 22.0 Å². The van der Waals surface area contributed by atoms with Gasteiger partial charge in [-0.2, -0.15) is 0 Å². The fourth-order valence-electron chi connectivity index (χ4n) is 1.53. The highest BCUT2D eigenvalue weighted by Gasteiger charge is 2.16. The first-order valence-corrected chi connectivity index (χ1v) is 5.81. The van der Waals surface area contributed by atoms with Crippen LogP contribution in [0.1, 0.15) is 20.7 Å². The van der Waals surface area contributed by atoms with Crippen molar-refractivity contribution in [3.63, 3.8) is 0 Å². The molecule has 0 unspecified atom stereocenters. The predicted octanol–water partition coefficient (Wildman–Crippen LogP) is 2.82. The normalized spacial score (nSPS) is 10.1. The van der Waals surface area contributed by atoms with Gasteiger partial charge in [0, 0.05) is 6.20 Å². The summed E-state index contributed by atoms with van der Waals surface area (Å²) in [5, 5.41) is 11.1. The average Bonchev–Trinajstić information content (AvgIpc) is 2.38. The van der Waals surface area contributed by atoms with Gasteiger partial charge in [0.25, 0.3) is 5.91 Å². The largest absolute Gasteiger partial charge is 0.478 e. The summed E-state index contributed by atoms with van der Waals surface area (Å²) in [5.74, 6) is -2.74. The summed E-state index contributed by atoms with van der Waals surface area (Å²) in [6.07, 6.45) is 1.22. The van der Waals surface area contributed by atoms with E-state index in [1.54, 1.807) is 0 Å². The number of pyridine rings is 1. The highest BCUT2D eigenvalue weighted by atomic mass is 35.5. The molecule has 0 spiro atoms. The first-order chi connectivity index (χ1) is 9.49. The molecule has 1 aromatic carbocycles. The van der Waals surface area contributed by atoms with Crippen molar-refractivity contribution in [2.24, 2.45) is 0 Å². The number of nitrogens with one attached hydrogen (secondary N) is 1. The van der Waals surface area contributed by atoms with Crippen molar-refractivity contribution in [3.05, 3.63) is 58.5 Å². The average molecular weight is 295 g/mol. The van der Waals surface area contributed by atoms with Crippen LogP contribution in [0, 0.1) is 5.82 Å². The molecular weight excluding hydrogens is 287 g/mol. The van der Waals surface area contributed by atoms with Crippen LogP contribution in [0.4, 0.5) is 10.2 Å². The van der Waals surface area contributed by atoms with Crippen molar-refractivity contribution < 1.29 is 19.1 Å². The minimum Gasteiger partial charge on any atom is -0.478 e. The van der Waals surface area contributed by atoms with E-state index in [0.29, 0.717) is 0 Å². The van der Waals surface area contributed by atoms with E-state index < -0.39 is 17.7 Å². The van der Waals surface area contributed by atoms with Crippen LogP contribution in [-0.4, -0.2) is 22.0 Å². The predicted molar refractivity (Wildman–Crippen MR) is 70.6 cm³/mol. The number of carboxylic acids is 1. The molecule has 0 saturated heterocycles. The first-order valence-electron chi connectivity index (χ1n) is 5.44. The maximum absolute atomic E-state index is 13.6. The Bertz CT molecular complexity index is 671. The summed E-state index contributed by atoms with van der Waals surface area (Å²) < 4.78 is 13.6. The van der Waals surface area contributed by atoms with Crippen molar-refractivity contribution in [1.29, 1.82) is 0 Å². The Morgan fingerprint density at radius 2 is 2.05 bits per heavy atom. The van der Waals surface area contributed by atoms with E-state index in [9.17, 15) is 14.0 Å². The number of aromatic carboxylic acids is 1. The molecule has 1 aromatic heterocycles. The lowest BCUT2D eigenvalue weighted by Crippen LogP contribution is -2.15. The van der Waals surface area contributed by atoms with Gasteiger partial charge >= 0.3 is 5.97 Å². The van der Waals surface area contributed by atoms with Crippen molar-refractivity contribution in [3.8, 4) is 0 Å². The summed E-state index contributed by atoms with van der Waals surface area (Å²) in [7, 11) is 0. The maximum Gasteiger partial charge on any atom is 0.335 e. The lowest BCUT2D eigenvalue weighted by molar-refractivity contribution is 0.0696. The quantitative estimate of drug-likeness (QED) is 0.912. The number of nitrogens with zero attached hydrogens (tertiary/aromatic N) is 1. The fourth-order valence-corrected chi connectivity index (χ4v) is 1.77. The van der Waals surface area contributed by atoms with Gasteiger partial charge in [0.1, 0.15) is 11.6 Å². The molecule has 0 bridgehead atoms. The number of carbonyl (C=O) groups is 2. The lowest BCUT2D eigenvalue weighted by atomic mass is 10.2. The molecule has 1 amide bonds. The molecule has 1 heterocycles. The SMILES string of the molecule is O=C(O)c1ccnc(NC(=O)c2c(F)cccc2Cl)c1. The Kier molecular flexibility index (Phi) is 3.95. The molecule has 0 aliphatic heterocycles. The number of anilines is 1. The summed E-state index contributed by atoms with van der Waals surface area (Å²) >= 11 is 5.76. The Morgan fingerprint density at radius 3 is 2.70 bits per heavy atom. The summed E-state index contributed by atoms with van der Waals surface area (Å²) in [5.41, 5.74) is -0.369. The number of hydrogen-bond acceptors (Lipinski definition) is 3. The van der Waals surface area contributed by atoms with Crippen LogP contribution in [0.5, 0.6) is 0 Å². The number of halogens is 2. The van der Waals surface area contributed by atoms with Gasteiger partial charge in [-0.05, 0) is 24.3 Å². The standard InChI is InChI=1S/C13H8ClFN2O3/c14-8-2-1-3-9(15)11(8)12(18)17-10-6-7(13(19)20)4-5-16-10/h1-6H,(H,19,20)(H,16,17,18). The topological polar surface area (TPSA) is 79.3 Å². The van der Waals surface area contributed by atoms with Crippen LogP contribution in [0.3, 0.4) is 0 Å². The molecule has 7 heteroatoms. The van der Waals surface area contributed by atoms with Crippen LogP contribution in [0.15, 0.2) is 36.5 Å². The lowest BCUT2D eigenvalue weighted by Gasteiger charge is -2.07.